The van der Waals surface area contributed by atoms with Crippen molar-refractivity contribution in [2.45, 2.75) is 71.4 Å². The molecular formula is C36H37F5N4O6. The molecule has 3 N–H and O–H groups in total. The predicted molar refractivity (Wildman–Crippen MR) is 178 cm³/mol. The van der Waals surface area contributed by atoms with E-state index in [9.17, 15) is 32.3 Å². The Kier molecular flexibility index (Phi) is 11.7. The second kappa shape index (κ2) is 15.6. The van der Waals surface area contributed by atoms with E-state index in [-0.39, 0.29) is 36.5 Å². The Hall–Kier alpha value is -5.47. The van der Waals surface area contributed by atoms with Crippen LogP contribution in [0, 0.1) is 18.6 Å². The third-order valence-electron chi connectivity index (χ3n) is 7.74. The van der Waals surface area contributed by atoms with Crippen LogP contribution in [0.1, 0.15) is 62.0 Å². The standard InChI is InChI=1S/C36H37F5N4O6/c1-21-30(23-13-8-16-28(31(23)38)50-18-10-17-29(42)46)32(47)45(20-27(22-11-6-5-7-12-22)43-33(48)51-35(2,3)4)34(49)44(21)19-24-25(36(39,40)41)14-9-15-26(24)37/h5-9,11-16,27H,10,17-20H2,1-4H3,(H2,42,46)(H,43,48)/t27-/m0/s1. The molecule has 1 heterocycles. The Morgan fingerprint density at radius 2 is 1.59 bits per heavy atom. The van der Waals surface area contributed by atoms with E-state index in [4.69, 9.17) is 15.2 Å². The van der Waals surface area contributed by atoms with Crippen molar-refractivity contribution in [1.82, 2.24) is 14.5 Å². The van der Waals surface area contributed by atoms with E-state index in [1.807, 2.05) is 0 Å². The van der Waals surface area contributed by atoms with Crippen molar-refractivity contribution >= 4 is 12.0 Å². The summed E-state index contributed by atoms with van der Waals surface area (Å²) >= 11 is 0. The molecule has 0 aliphatic rings. The highest BCUT2D eigenvalue weighted by Gasteiger charge is 2.35. The van der Waals surface area contributed by atoms with Crippen molar-refractivity contribution in [2.24, 2.45) is 5.73 Å². The van der Waals surface area contributed by atoms with Crippen molar-refractivity contribution in [3.63, 3.8) is 0 Å². The number of nitrogens with two attached hydrogens (primary N) is 1. The molecule has 51 heavy (non-hydrogen) atoms. The highest BCUT2D eigenvalue weighted by Crippen LogP contribution is 2.34. The van der Waals surface area contributed by atoms with Gasteiger partial charge in [-0.05, 0) is 57.9 Å². The van der Waals surface area contributed by atoms with Crippen molar-refractivity contribution in [3.05, 3.63) is 122 Å². The zero-order chi connectivity index (χ0) is 37.7. The fraction of sp³-hybridized carbons (Fsp3) is 0.333. The van der Waals surface area contributed by atoms with Gasteiger partial charge in [0.2, 0.25) is 5.91 Å². The third-order valence-corrected chi connectivity index (χ3v) is 7.74. The number of amides is 2. The summed E-state index contributed by atoms with van der Waals surface area (Å²) in [6.45, 7) is 4.42. The molecule has 0 bridgehead atoms. The van der Waals surface area contributed by atoms with Gasteiger partial charge in [0.15, 0.2) is 11.6 Å². The van der Waals surface area contributed by atoms with Crippen LogP contribution in [0.3, 0.4) is 0 Å². The lowest BCUT2D eigenvalue weighted by atomic mass is 10.0. The second-order valence-corrected chi connectivity index (χ2v) is 12.7. The van der Waals surface area contributed by atoms with Crippen LogP contribution in [0.2, 0.25) is 0 Å². The van der Waals surface area contributed by atoms with Crippen LogP contribution in [0.15, 0.2) is 76.3 Å². The quantitative estimate of drug-likeness (QED) is 0.132. The maximum Gasteiger partial charge on any atom is 0.416 e. The maximum absolute atomic E-state index is 16.1. The molecule has 0 aliphatic heterocycles. The van der Waals surface area contributed by atoms with Crippen LogP contribution in [0.4, 0.5) is 26.7 Å². The number of aromatic nitrogens is 2. The summed E-state index contributed by atoms with van der Waals surface area (Å²) in [5, 5.41) is 2.63. The zero-order valence-electron chi connectivity index (χ0n) is 28.3. The van der Waals surface area contributed by atoms with Crippen LogP contribution >= 0.6 is 0 Å². The molecule has 2 amide bonds. The Bertz CT molecular complexity index is 2020. The van der Waals surface area contributed by atoms with Gasteiger partial charge < -0.3 is 20.5 Å². The molecule has 272 valence electrons. The third kappa shape index (κ3) is 9.41. The van der Waals surface area contributed by atoms with Gasteiger partial charge in [-0.15, -0.1) is 0 Å². The van der Waals surface area contributed by atoms with Crippen molar-refractivity contribution in [1.29, 1.82) is 0 Å². The minimum atomic E-state index is -5.01. The zero-order valence-corrected chi connectivity index (χ0v) is 28.3. The Labute approximate surface area is 289 Å². The lowest BCUT2D eigenvalue weighted by Crippen LogP contribution is -2.46. The van der Waals surface area contributed by atoms with E-state index in [1.165, 1.54) is 25.1 Å². The maximum atomic E-state index is 16.1. The summed E-state index contributed by atoms with van der Waals surface area (Å²) in [6, 6.07) is 13.2. The predicted octanol–water partition coefficient (Wildman–Crippen LogP) is 6.24. The summed E-state index contributed by atoms with van der Waals surface area (Å²) in [7, 11) is 0. The molecule has 4 rings (SSSR count). The van der Waals surface area contributed by atoms with E-state index in [1.54, 1.807) is 51.1 Å². The average Bonchev–Trinajstić information content (AvgIpc) is 3.03. The first kappa shape index (κ1) is 38.3. The van der Waals surface area contributed by atoms with E-state index < -0.39 is 82.5 Å². The topological polar surface area (TPSA) is 135 Å². The smallest absolute Gasteiger partial charge is 0.416 e. The number of hydrogen-bond acceptors (Lipinski definition) is 6. The number of halogens is 5. The molecule has 3 aromatic carbocycles. The minimum absolute atomic E-state index is 0.0358. The fourth-order valence-electron chi connectivity index (χ4n) is 5.40. The molecule has 0 saturated heterocycles. The SMILES string of the molecule is Cc1c(-c2cccc(OCCCC(N)=O)c2F)c(=O)n(C[C@H](NC(=O)OC(C)(C)C)c2ccccc2)c(=O)n1Cc1c(F)cccc1C(F)(F)F. The number of nitrogens with one attached hydrogen (secondary N) is 1. The van der Waals surface area contributed by atoms with E-state index >= 15 is 8.78 Å². The monoisotopic (exact) mass is 716 g/mol. The number of hydrogen-bond donors (Lipinski definition) is 2. The van der Waals surface area contributed by atoms with Gasteiger partial charge in [0.1, 0.15) is 11.4 Å². The molecule has 10 nitrogen and oxygen atoms in total. The number of ether oxygens (including phenoxy) is 2. The molecule has 0 spiro atoms. The van der Waals surface area contributed by atoms with Crippen molar-refractivity contribution < 1.29 is 41.0 Å². The van der Waals surface area contributed by atoms with Crippen LogP contribution in [-0.4, -0.2) is 33.3 Å². The molecular weight excluding hydrogens is 679 g/mol. The molecule has 0 aliphatic carbocycles. The summed E-state index contributed by atoms with van der Waals surface area (Å²) in [5.74, 6) is -3.21. The van der Waals surface area contributed by atoms with Gasteiger partial charge in [0.05, 0.1) is 36.9 Å². The van der Waals surface area contributed by atoms with E-state index in [0.29, 0.717) is 16.2 Å². The number of alkyl halides is 3. The van der Waals surface area contributed by atoms with Gasteiger partial charge in [-0.3, -0.25) is 18.7 Å². The molecule has 0 unspecified atom stereocenters. The van der Waals surface area contributed by atoms with Gasteiger partial charge in [0, 0.05) is 23.2 Å². The largest absolute Gasteiger partial charge is 0.490 e. The number of rotatable bonds is 12. The Balaban J connectivity index is 1.95. The van der Waals surface area contributed by atoms with Gasteiger partial charge in [-0.25, -0.2) is 18.4 Å². The Morgan fingerprint density at radius 3 is 2.22 bits per heavy atom. The highest BCUT2D eigenvalue weighted by atomic mass is 19.4. The van der Waals surface area contributed by atoms with Crippen LogP contribution in [0.25, 0.3) is 11.1 Å². The molecule has 15 heteroatoms. The van der Waals surface area contributed by atoms with Crippen molar-refractivity contribution in [3.8, 4) is 16.9 Å². The number of carbonyl (C=O) groups is 2. The molecule has 1 atom stereocenters. The minimum Gasteiger partial charge on any atom is -0.490 e. The number of alkyl carbamates (subject to hydrolysis) is 1. The number of nitrogens with zero attached hydrogens (tertiary/aromatic N) is 2. The first-order chi connectivity index (χ1) is 23.9. The van der Waals surface area contributed by atoms with Crippen molar-refractivity contribution in [2.75, 3.05) is 6.61 Å². The lowest BCUT2D eigenvalue weighted by Gasteiger charge is -2.25. The summed E-state index contributed by atoms with van der Waals surface area (Å²) in [4.78, 5) is 52.5. The van der Waals surface area contributed by atoms with Crippen LogP contribution in [0.5, 0.6) is 5.75 Å². The molecule has 0 radical (unpaired) electrons. The van der Waals surface area contributed by atoms with Crippen LogP contribution < -0.4 is 27.0 Å². The first-order valence-electron chi connectivity index (χ1n) is 15.8. The number of carbonyl (C=O) groups excluding carboxylic acids is 2. The van der Waals surface area contributed by atoms with Gasteiger partial charge in [-0.1, -0.05) is 48.5 Å². The average molecular weight is 717 g/mol. The molecule has 0 fully saturated rings. The Morgan fingerprint density at radius 1 is 0.922 bits per heavy atom. The van der Waals surface area contributed by atoms with E-state index in [2.05, 4.69) is 5.32 Å². The summed E-state index contributed by atoms with van der Waals surface area (Å²) in [5.41, 5.74) is -0.837. The summed E-state index contributed by atoms with van der Waals surface area (Å²) < 4.78 is 85.6. The lowest BCUT2D eigenvalue weighted by molar-refractivity contribution is -0.138. The number of primary amides is 1. The van der Waals surface area contributed by atoms with Gasteiger partial charge in [-0.2, -0.15) is 13.2 Å². The molecule has 0 saturated carbocycles. The normalized spacial score (nSPS) is 12.3. The second-order valence-electron chi connectivity index (χ2n) is 12.7. The van der Waals surface area contributed by atoms with Gasteiger partial charge in [0.25, 0.3) is 5.56 Å². The fourth-order valence-corrected chi connectivity index (χ4v) is 5.40. The van der Waals surface area contributed by atoms with Crippen LogP contribution in [-0.2, 0) is 28.8 Å². The van der Waals surface area contributed by atoms with Gasteiger partial charge >= 0.3 is 18.0 Å². The molecule has 4 aromatic rings. The molecule has 1 aromatic heterocycles. The summed E-state index contributed by atoms with van der Waals surface area (Å²) in [6.07, 6.45) is -5.78. The number of benzene rings is 3. The first-order valence-corrected chi connectivity index (χ1v) is 15.8. The highest BCUT2D eigenvalue weighted by molar-refractivity contribution is 5.73. The van der Waals surface area contributed by atoms with E-state index in [0.717, 1.165) is 16.7 Å².